The first-order chi connectivity index (χ1) is 6.47. The zero-order valence-corrected chi connectivity index (χ0v) is 8.37. The molecule has 0 aliphatic rings. The molecule has 0 saturated carbocycles. The molecule has 0 radical (unpaired) electrons. The van der Waals surface area contributed by atoms with Gasteiger partial charge in [0.15, 0.2) is 5.78 Å². The number of aliphatic carboxylic acids is 1. The maximum atomic E-state index is 11.0. The maximum absolute atomic E-state index is 11.0. The number of nitrogens with one attached hydrogen (secondary N) is 1. The van der Waals surface area contributed by atoms with Crippen LogP contribution in [0.25, 0.3) is 0 Å². The summed E-state index contributed by atoms with van der Waals surface area (Å²) in [5.74, 6) is -1.43. The van der Waals surface area contributed by atoms with Crippen LogP contribution in [-0.4, -0.2) is 28.8 Å². The number of hydrogen-bond donors (Lipinski definition) is 2. The van der Waals surface area contributed by atoms with Crippen molar-refractivity contribution in [2.24, 2.45) is 0 Å². The van der Waals surface area contributed by atoms with Crippen molar-refractivity contribution >= 4 is 17.7 Å². The van der Waals surface area contributed by atoms with Crippen LogP contribution in [0.15, 0.2) is 0 Å². The SMILES string of the molecule is CCC(=O)N[C@@H](CCC(=O)O)C(C)=O. The topological polar surface area (TPSA) is 83.5 Å². The Morgan fingerprint density at radius 2 is 1.93 bits per heavy atom. The van der Waals surface area contributed by atoms with Crippen LogP contribution in [-0.2, 0) is 14.4 Å². The van der Waals surface area contributed by atoms with Gasteiger partial charge in [-0.25, -0.2) is 0 Å². The molecule has 2 N–H and O–H groups in total. The van der Waals surface area contributed by atoms with E-state index in [1.54, 1.807) is 6.92 Å². The summed E-state index contributed by atoms with van der Waals surface area (Å²) in [6, 6.07) is -0.668. The third kappa shape index (κ3) is 5.29. The van der Waals surface area contributed by atoms with Gasteiger partial charge in [0.2, 0.25) is 5.91 Å². The molecule has 0 aromatic heterocycles. The first kappa shape index (κ1) is 12.6. The first-order valence-corrected chi connectivity index (χ1v) is 4.49. The van der Waals surface area contributed by atoms with Crippen molar-refractivity contribution < 1.29 is 19.5 Å². The zero-order chi connectivity index (χ0) is 11.1. The van der Waals surface area contributed by atoms with Crippen LogP contribution in [0.1, 0.15) is 33.1 Å². The Hall–Kier alpha value is -1.39. The lowest BCUT2D eigenvalue weighted by Crippen LogP contribution is -2.39. The third-order valence-electron chi connectivity index (χ3n) is 1.79. The molecule has 0 spiro atoms. The summed E-state index contributed by atoms with van der Waals surface area (Å²) in [5, 5.41) is 10.9. The van der Waals surface area contributed by atoms with Crippen LogP contribution in [0.2, 0.25) is 0 Å². The number of rotatable bonds is 6. The smallest absolute Gasteiger partial charge is 0.303 e. The van der Waals surface area contributed by atoms with Gasteiger partial charge in [0.25, 0.3) is 0 Å². The van der Waals surface area contributed by atoms with Crippen LogP contribution in [0.5, 0.6) is 0 Å². The van der Waals surface area contributed by atoms with Crippen LogP contribution in [0.4, 0.5) is 0 Å². The largest absolute Gasteiger partial charge is 0.481 e. The summed E-state index contributed by atoms with van der Waals surface area (Å²) in [6.07, 6.45) is 0.321. The Bertz CT molecular complexity index is 237. The second kappa shape index (κ2) is 6.12. The lowest BCUT2D eigenvalue weighted by Gasteiger charge is -2.13. The van der Waals surface area contributed by atoms with Crippen molar-refractivity contribution in [2.45, 2.75) is 39.2 Å². The number of ketones is 1. The quantitative estimate of drug-likeness (QED) is 0.648. The summed E-state index contributed by atoms with van der Waals surface area (Å²) in [4.78, 5) is 32.2. The molecule has 5 heteroatoms. The van der Waals surface area contributed by atoms with Gasteiger partial charge in [-0.3, -0.25) is 14.4 Å². The molecule has 80 valence electrons. The predicted molar refractivity (Wildman–Crippen MR) is 49.8 cm³/mol. The average Bonchev–Trinajstić information content (AvgIpc) is 2.10. The number of Topliss-reactive ketones (excluding diaryl/α,β-unsaturated/α-hetero) is 1. The number of carbonyl (C=O) groups excluding carboxylic acids is 2. The minimum atomic E-state index is -0.970. The van der Waals surface area contributed by atoms with Crippen LogP contribution >= 0.6 is 0 Å². The standard InChI is InChI=1S/C9H15NO4/c1-3-8(12)10-7(6(2)11)4-5-9(13)14/h7H,3-5H2,1-2H3,(H,10,12)(H,13,14)/t7-/m0/s1. The molecule has 0 saturated heterocycles. The Morgan fingerprint density at radius 3 is 2.29 bits per heavy atom. The van der Waals surface area contributed by atoms with Crippen molar-refractivity contribution in [2.75, 3.05) is 0 Å². The molecular formula is C9H15NO4. The summed E-state index contributed by atoms with van der Waals surface area (Å²) < 4.78 is 0. The van der Waals surface area contributed by atoms with Gasteiger partial charge in [0.05, 0.1) is 6.04 Å². The van der Waals surface area contributed by atoms with Gasteiger partial charge in [-0.1, -0.05) is 6.92 Å². The Labute approximate surface area is 82.5 Å². The average molecular weight is 201 g/mol. The molecule has 0 aliphatic carbocycles. The lowest BCUT2D eigenvalue weighted by atomic mass is 10.1. The molecule has 1 amide bonds. The number of carbonyl (C=O) groups is 3. The fourth-order valence-electron chi connectivity index (χ4n) is 0.941. The number of hydrogen-bond acceptors (Lipinski definition) is 3. The highest BCUT2D eigenvalue weighted by molar-refractivity contribution is 5.87. The van der Waals surface area contributed by atoms with E-state index in [9.17, 15) is 14.4 Å². The van der Waals surface area contributed by atoms with E-state index >= 15 is 0 Å². The third-order valence-corrected chi connectivity index (χ3v) is 1.79. The fraction of sp³-hybridized carbons (Fsp3) is 0.667. The normalized spacial score (nSPS) is 11.9. The van der Waals surface area contributed by atoms with E-state index in [2.05, 4.69) is 5.32 Å². The van der Waals surface area contributed by atoms with Gasteiger partial charge >= 0.3 is 5.97 Å². The summed E-state index contributed by atoms with van der Waals surface area (Å²) in [5.41, 5.74) is 0. The zero-order valence-electron chi connectivity index (χ0n) is 8.37. The molecule has 0 bridgehead atoms. The molecule has 0 aliphatic heterocycles. The van der Waals surface area contributed by atoms with E-state index in [0.717, 1.165) is 0 Å². The van der Waals surface area contributed by atoms with Gasteiger partial charge in [0, 0.05) is 12.8 Å². The van der Waals surface area contributed by atoms with Gasteiger partial charge in [-0.15, -0.1) is 0 Å². The van der Waals surface area contributed by atoms with Crippen LogP contribution in [0.3, 0.4) is 0 Å². The number of amides is 1. The van der Waals surface area contributed by atoms with Crippen molar-refractivity contribution in [3.05, 3.63) is 0 Å². The molecule has 14 heavy (non-hydrogen) atoms. The summed E-state index contributed by atoms with van der Waals surface area (Å²) in [7, 11) is 0. The molecular weight excluding hydrogens is 186 g/mol. The Morgan fingerprint density at radius 1 is 1.36 bits per heavy atom. The van der Waals surface area contributed by atoms with E-state index < -0.39 is 12.0 Å². The van der Waals surface area contributed by atoms with E-state index in [1.807, 2.05) is 0 Å². The predicted octanol–water partition coefficient (Wildman–Crippen LogP) is 0.335. The van der Waals surface area contributed by atoms with E-state index in [0.29, 0.717) is 0 Å². The minimum absolute atomic E-state index is 0.117. The Balaban J connectivity index is 4.09. The molecule has 0 heterocycles. The molecule has 0 aromatic carbocycles. The molecule has 0 fully saturated rings. The van der Waals surface area contributed by atoms with Crippen molar-refractivity contribution in [1.82, 2.24) is 5.32 Å². The van der Waals surface area contributed by atoms with Gasteiger partial charge in [-0.2, -0.15) is 0 Å². The molecule has 1 atom stereocenters. The Kier molecular flexibility index (Phi) is 5.52. The lowest BCUT2D eigenvalue weighted by molar-refractivity contribution is -0.137. The van der Waals surface area contributed by atoms with Crippen LogP contribution < -0.4 is 5.32 Å². The van der Waals surface area contributed by atoms with Crippen LogP contribution in [0, 0.1) is 0 Å². The van der Waals surface area contributed by atoms with Crippen molar-refractivity contribution in [3.63, 3.8) is 0 Å². The van der Waals surface area contributed by atoms with Gasteiger partial charge in [0.1, 0.15) is 0 Å². The molecule has 0 rings (SSSR count). The highest BCUT2D eigenvalue weighted by atomic mass is 16.4. The highest BCUT2D eigenvalue weighted by Crippen LogP contribution is 1.99. The minimum Gasteiger partial charge on any atom is -0.481 e. The number of carboxylic acid groups (broad SMARTS) is 1. The molecule has 0 unspecified atom stereocenters. The van der Waals surface area contributed by atoms with Crippen molar-refractivity contribution in [3.8, 4) is 0 Å². The molecule has 5 nitrogen and oxygen atoms in total. The maximum Gasteiger partial charge on any atom is 0.303 e. The summed E-state index contributed by atoms with van der Waals surface area (Å²) >= 11 is 0. The highest BCUT2D eigenvalue weighted by Gasteiger charge is 2.16. The van der Waals surface area contributed by atoms with Gasteiger partial charge in [-0.05, 0) is 13.3 Å². The van der Waals surface area contributed by atoms with E-state index in [4.69, 9.17) is 5.11 Å². The summed E-state index contributed by atoms with van der Waals surface area (Å²) in [6.45, 7) is 3.01. The monoisotopic (exact) mass is 201 g/mol. The first-order valence-electron chi connectivity index (χ1n) is 4.49. The van der Waals surface area contributed by atoms with Gasteiger partial charge < -0.3 is 10.4 Å². The second-order valence-corrected chi connectivity index (χ2v) is 3.02. The molecule has 0 aromatic rings. The van der Waals surface area contributed by atoms with E-state index in [1.165, 1.54) is 6.92 Å². The fourth-order valence-corrected chi connectivity index (χ4v) is 0.941. The second-order valence-electron chi connectivity index (χ2n) is 3.02. The van der Waals surface area contributed by atoms with Crippen molar-refractivity contribution in [1.29, 1.82) is 0 Å². The number of carboxylic acids is 1. The van der Waals surface area contributed by atoms with E-state index in [-0.39, 0.29) is 31.0 Å².